The quantitative estimate of drug-likeness (QED) is 0.718. The maximum Gasteiger partial charge on any atom is 0.0617 e. The highest BCUT2D eigenvalue weighted by molar-refractivity contribution is 5.22. The molecule has 16 heavy (non-hydrogen) atoms. The van der Waals surface area contributed by atoms with Gasteiger partial charge in [-0.05, 0) is 31.7 Å². The smallest absolute Gasteiger partial charge is 0.0617 e. The van der Waals surface area contributed by atoms with Gasteiger partial charge in [0.15, 0.2) is 0 Å². The van der Waals surface area contributed by atoms with E-state index in [1.807, 2.05) is 0 Å². The second kappa shape index (κ2) is 7.42. The first kappa shape index (κ1) is 13.2. The molecule has 0 heterocycles. The highest BCUT2D eigenvalue weighted by Crippen LogP contribution is 2.07. The first-order chi connectivity index (χ1) is 7.72. The molecule has 2 heteroatoms. The van der Waals surface area contributed by atoms with Gasteiger partial charge in [0, 0.05) is 12.6 Å². The third kappa shape index (κ3) is 5.29. The van der Waals surface area contributed by atoms with Gasteiger partial charge in [0.1, 0.15) is 0 Å². The van der Waals surface area contributed by atoms with Crippen molar-refractivity contribution < 1.29 is 4.74 Å². The van der Waals surface area contributed by atoms with Gasteiger partial charge >= 0.3 is 0 Å². The molecule has 0 aliphatic carbocycles. The lowest BCUT2D eigenvalue weighted by Crippen LogP contribution is -2.27. The molecule has 0 aromatic heterocycles. The minimum absolute atomic E-state index is 0.159. The van der Waals surface area contributed by atoms with Crippen LogP contribution in [0.15, 0.2) is 24.3 Å². The summed E-state index contributed by atoms with van der Waals surface area (Å²) in [5.74, 6) is 0. The van der Waals surface area contributed by atoms with E-state index in [9.17, 15) is 0 Å². The standard InChI is InChI=1S/C14H23NO/c1-3-9-16-11-14(15)8-7-13-6-4-5-12(2)10-13/h4-6,10,14H,3,7-9,11,15H2,1-2H3. The van der Waals surface area contributed by atoms with Crippen LogP contribution < -0.4 is 5.73 Å². The Morgan fingerprint density at radius 2 is 2.19 bits per heavy atom. The number of rotatable bonds is 7. The monoisotopic (exact) mass is 221 g/mol. The van der Waals surface area contributed by atoms with Crippen molar-refractivity contribution in [1.29, 1.82) is 0 Å². The average Bonchev–Trinajstić information content (AvgIpc) is 2.27. The molecular weight excluding hydrogens is 198 g/mol. The van der Waals surface area contributed by atoms with E-state index in [0.29, 0.717) is 6.61 Å². The van der Waals surface area contributed by atoms with Gasteiger partial charge in [-0.3, -0.25) is 0 Å². The summed E-state index contributed by atoms with van der Waals surface area (Å²) in [5, 5.41) is 0. The van der Waals surface area contributed by atoms with Crippen molar-refractivity contribution in [3.63, 3.8) is 0 Å². The van der Waals surface area contributed by atoms with E-state index in [-0.39, 0.29) is 6.04 Å². The molecule has 2 nitrogen and oxygen atoms in total. The maximum absolute atomic E-state index is 5.98. The molecule has 1 atom stereocenters. The van der Waals surface area contributed by atoms with Crippen molar-refractivity contribution >= 4 is 0 Å². The van der Waals surface area contributed by atoms with Crippen molar-refractivity contribution in [2.75, 3.05) is 13.2 Å². The predicted molar refractivity (Wildman–Crippen MR) is 68.6 cm³/mol. The molecule has 0 bridgehead atoms. The third-order valence-electron chi connectivity index (χ3n) is 2.57. The second-order valence-corrected chi connectivity index (χ2v) is 4.36. The molecule has 0 fully saturated rings. The molecule has 1 aromatic carbocycles. The van der Waals surface area contributed by atoms with E-state index in [4.69, 9.17) is 10.5 Å². The molecule has 90 valence electrons. The summed E-state index contributed by atoms with van der Waals surface area (Å²) in [5.41, 5.74) is 8.66. The van der Waals surface area contributed by atoms with Gasteiger partial charge in [-0.15, -0.1) is 0 Å². The normalized spacial score (nSPS) is 12.7. The second-order valence-electron chi connectivity index (χ2n) is 4.36. The lowest BCUT2D eigenvalue weighted by atomic mass is 10.0. The van der Waals surface area contributed by atoms with E-state index in [2.05, 4.69) is 38.1 Å². The molecule has 0 amide bonds. The fraction of sp³-hybridized carbons (Fsp3) is 0.571. The highest BCUT2D eigenvalue weighted by atomic mass is 16.5. The molecule has 0 radical (unpaired) electrons. The highest BCUT2D eigenvalue weighted by Gasteiger charge is 2.03. The molecule has 1 unspecified atom stereocenters. The first-order valence-electron chi connectivity index (χ1n) is 6.11. The van der Waals surface area contributed by atoms with E-state index in [1.165, 1.54) is 11.1 Å². The number of ether oxygens (including phenoxy) is 1. The van der Waals surface area contributed by atoms with E-state index < -0.39 is 0 Å². The zero-order valence-electron chi connectivity index (χ0n) is 10.4. The van der Waals surface area contributed by atoms with Crippen molar-refractivity contribution in [3.8, 4) is 0 Å². The van der Waals surface area contributed by atoms with Crippen molar-refractivity contribution in [2.45, 2.75) is 39.2 Å². The van der Waals surface area contributed by atoms with Gasteiger partial charge in [-0.25, -0.2) is 0 Å². The van der Waals surface area contributed by atoms with Crippen LogP contribution in [0.4, 0.5) is 0 Å². The minimum Gasteiger partial charge on any atom is -0.380 e. The SMILES string of the molecule is CCCOCC(N)CCc1cccc(C)c1. The Balaban J connectivity index is 2.23. The number of aryl methyl sites for hydroxylation is 2. The number of nitrogens with two attached hydrogens (primary N) is 1. The Labute approximate surface area is 98.8 Å². The molecule has 0 saturated heterocycles. The van der Waals surface area contributed by atoms with Gasteiger partial charge in [0.2, 0.25) is 0 Å². The van der Waals surface area contributed by atoms with Crippen molar-refractivity contribution in [1.82, 2.24) is 0 Å². The summed E-state index contributed by atoms with van der Waals surface area (Å²) in [6, 6.07) is 8.76. The Hall–Kier alpha value is -0.860. The van der Waals surface area contributed by atoms with E-state index >= 15 is 0 Å². The summed E-state index contributed by atoms with van der Waals surface area (Å²) in [6.07, 6.45) is 3.09. The van der Waals surface area contributed by atoms with E-state index in [0.717, 1.165) is 25.9 Å². The largest absolute Gasteiger partial charge is 0.380 e. The zero-order chi connectivity index (χ0) is 11.8. The van der Waals surface area contributed by atoms with Crippen molar-refractivity contribution in [3.05, 3.63) is 35.4 Å². The van der Waals surface area contributed by atoms with Gasteiger partial charge in [-0.2, -0.15) is 0 Å². The third-order valence-corrected chi connectivity index (χ3v) is 2.57. The zero-order valence-corrected chi connectivity index (χ0v) is 10.4. The molecule has 2 N–H and O–H groups in total. The lowest BCUT2D eigenvalue weighted by Gasteiger charge is -2.11. The molecule has 0 aliphatic rings. The van der Waals surface area contributed by atoms with Crippen LogP contribution in [0.3, 0.4) is 0 Å². The topological polar surface area (TPSA) is 35.2 Å². The Kier molecular flexibility index (Phi) is 6.12. The molecule has 0 aliphatic heterocycles. The fourth-order valence-electron chi connectivity index (χ4n) is 1.68. The van der Waals surface area contributed by atoms with Gasteiger partial charge in [0.25, 0.3) is 0 Å². The summed E-state index contributed by atoms with van der Waals surface area (Å²) < 4.78 is 5.43. The average molecular weight is 221 g/mol. The summed E-state index contributed by atoms with van der Waals surface area (Å²) in [6.45, 7) is 5.73. The molecule has 0 spiro atoms. The van der Waals surface area contributed by atoms with Crippen LogP contribution in [0, 0.1) is 6.92 Å². The number of hydrogen-bond acceptors (Lipinski definition) is 2. The van der Waals surface area contributed by atoms with Crippen LogP contribution in [0.25, 0.3) is 0 Å². The van der Waals surface area contributed by atoms with Gasteiger partial charge < -0.3 is 10.5 Å². The molecule has 1 aromatic rings. The summed E-state index contributed by atoms with van der Waals surface area (Å²) in [4.78, 5) is 0. The maximum atomic E-state index is 5.98. The first-order valence-corrected chi connectivity index (χ1v) is 6.11. The van der Waals surface area contributed by atoms with Crippen molar-refractivity contribution in [2.24, 2.45) is 5.73 Å². The van der Waals surface area contributed by atoms with Crippen LogP contribution >= 0.6 is 0 Å². The molecular formula is C14H23NO. The van der Waals surface area contributed by atoms with Crippen LogP contribution in [0.1, 0.15) is 30.9 Å². The summed E-state index contributed by atoms with van der Waals surface area (Å²) in [7, 11) is 0. The molecule has 0 saturated carbocycles. The summed E-state index contributed by atoms with van der Waals surface area (Å²) >= 11 is 0. The number of benzene rings is 1. The Bertz CT molecular complexity index is 299. The van der Waals surface area contributed by atoms with Crippen LogP contribution in [-0.2, 0) is 11.2 Å². The van der Waals surface area contributed by atoms with Gasteiger partial charge in [-0.1, -0.05) is 36.8 Å². The Morgan fingerprint density at radius 1 is 1.38 bits per heavy atom. The lowest BCUT2D eigenvalue weighted by molar-refractivity contribution is 0.119. The fourth-order valence-corrected chi connectivity index (χ4v) is 1.68. The van der Waals surface area contributed by atoms with Crippen LogP contribution in [0.2, 0.25) is 0 Å². The minimum atomic E-state index is 0.159. The van der Waals surface area contributed by atoms with Crippen LogP contribution in [0.5, 0.6) is 0 Å². The number of hydrogen-bond donors (Lipinski definition) is 1. The van der Waals surface area contributed by atoms with Crippen LogP contribution in [-0.4, -0.2) is 19.3 Å². The Morgan fingerprint density at radius 3 is 2.88 bits per heavy atom. The van der Waals surface area contributed by atoms with Gasteiger partial charge in [0.05, 0.1) is 6.61 Å². The van der Waals surface area contributed by atoms with E-state index in [1.54, 1.807) is 0 Å². The predicted octanol–water partition coefficient (Wildman–Crippen LogP) is 2.68. The molecule has 1 rings (SSSR count).